The molecule has 0 spiro atoms. The van der Waals surface area contributed by atoms with Gasteiger partial charge in [-0.25, -0.2) is 8.42 Å². The molecule has 2 aromatic carbocycles. The van der Waals surface area contributed by atoms with E-state index in [0.29, 0.717) is 30.3 Å². The van der Waals surface area contributed by atoms with E-state index in [4.69, 9.17) is 14.2 Å². The molecule has 1 amide bonds. The molecule has 2 aromatic rings. The average Bonchev–Trinajstić information content (AvgIpc) is 2.79. The molecule has 1 aliphatic rings. The topological polar surface area (TPSA) is 94.2 Å². The van der Waals surface area contributed by atoms with Gasteiger partial charge < -0.3 is 19.5 Å². The Morgan fingerprint density at radius 2 is 1.71 bits per heavy atom. The number of anilines is 1. The van der Waals surface area contributed by atoms with Crippen LogP contribution in [0.5, 0.6) is 17.2 Å². The molecule has 0 saturated carbocycles. The van der Waals surface area contributed by atoms with Gasteiger partial charge in [-0.1, -0.05) is 12.5 Å². The zero-order valence-electron chi connectivity index (χ0n) is 18.0. The number of sulfonamides is 1. The second-order valence-corrected chi connectivity index (χ2v) is 9.17. The monoisotopic (exact) mass is 448 g/mol. The van der Waals surface area contributed by atoms with Crippen LogP contribution in [0.4, 0.5) is 5.69 Å². The normalized spacial score (nSPS) is 15.7. The summed E-state index contributed by atoms with van der Waals surface area (Å²) in [6.07, 6.45) is 1.87. The van der Waals surface area contributed by atoms with Crippen molar-refractivity contribution in [3.05, 3.63) is 42.5 Å². The number of amides is 1. The molecule has 1 N–H and O–H groups in total. The van der Waals surface area contributed by atoms with Crippen molar-refractivity contribution in [2.24, 2.45) is 0 Å². The van der Waals surface area contributed by atoms with Gasteiger partial charge in [0.15, 0.2) is 6.10 Å². The van der Waals surface area contributed by atoms with Crippen LogP contribution in [0.2, 0.25) is 0 Å². The Bertz CT molecular complexity index is 1020. The molecule has 0 aromatic heterocycles. The lowest BCUT2D eigenvalue weighted by Gasteiger charge is -2.26. The maximum absolute atomic E-state index is 13.1. The van der Waals surface area contributed by atoms with E-state index in [2.05, 4.69) is 5.32 Å². The molecule has 3 rings (SSSR count). The molecule has 1 fully saturated rings. The van der Waals surface area contributed by atoms with E-state index in [-0.39, 0.29) is 10.6 Å². The van der Waals surface area contributed by atoms with Gasteiger partial charge in [0.25, 0.3) is 5.91 Å². The molecule has 0 unspecified atom stereocenters. The largest absolute Gasteiger partial charge is 0.497 e. The van der Waals surface area contributed by atoms with Crippen LogP contribution in [-0.2, 0) is 14.8 Å². The third-order valence-electron chi connectivity index (χ3n) is 5.09. The van der Waals surface area contributed by atoms with Crippen LogP contribution in [0.15, 0.2) is 47.4 Å². The fourth-order valence-corrected chi connectivity index (χ4v) is 5.08. The number of carbonyl (C=O) groups excluding carboxylic acids is 1. The van der Waals surface area contributed by atoms with Gasteiger partial charge in [0, 0.05) is 24.8 Å². The van der Waals surface area contributed by atoms with Gasteiger partial charge in [0.2, 0.25) is 10.0 Å². The molecule has 0 radical (unpaired) electrons. The molecule has 1 aliphatic heterocycles. The van der Waals surface area contributed by atoms with Crippen molar-refractivity contribution >= 4 is 21.6 Å². The number of ether oxygens (including phenoxy) is 3. The first-order valence-corrected chi connectivity index (χ1v) is 11.6. The van der Waals surface area contributed by atoms with Crippen molar-refractivity contribution in [1.29, 1.82) is 0 Å². The maximum atomic E-state index is 13.1. The molecule has 0 aliphatic carbocycles. The first-order chi connectivity index (χ1) is 14.8. The van der Waals surface area contributed by atoms with E-state index in [9.17, 15) is 13.2 Å². The van der Waals surface area contributed by atoms with Crippen LogP contribution in [0.25, 0.3) is 0 Å². The van der Waals surface area contributed by atoms with Crippen molar-refractivity contribution in [3.63, 3.8) is 0 Å². The average molecular weight is 449 g/mol. The Hall–Kier alpha value is -2.78. The fraction of sp³-hybridized carbons (Fsp3) is 0.409. The van der Waals surface area contributed by atoms with E-state index in [1.807, 2.05) is 0 Å². The number of nitrogens with one attached hydrogen (secondary N) is 1. The van der Waals surface area contributed by atoms with Crippen molar-refractivity contribution in [1.82, 2.24) is 4.31 Å². The number of rotatable bonds is 8. The molecule has 1 heterocycles. The van der Waals surface area contributed by atoms with Crippen molar-refractivity contribution < 1.29 is 27.4 Å². The van der Waals surface area contributed by atoms with Gasteiger partial charge in [0.05, 0.1) is 14.2 Å². The number of hydrogen-bond donors (Lipinski definition) is 1. The summed E-state index contributed by atoms with van der Waals surface area (Å²) >= 11 is 0. The van der Waals surface area contributed by atoms with Gasteiger partial charge in [0.1, 0.15) is 22.1 Å². The number of nitrogens with zero attached hydrogens (tertiary/aromatic N) is 1. The molecular weight excluding hydrogens is 420 g/mol. The molecule has 1 atom stereocenters. The summed E-state index contributed by atoms with van der Waals surface area (Å²) in [7, 11) is -0.754. The summed E-state index contributed by atoms with van der Waals surface area (Å²) < 4.78 is 43.9. The first kappa shape index (κ1) is 22.9. The van der Waals surface area contributed by atoms with Gasteiger partial charge in [-0.15, -0.1) is 0 Å². The number of benzene rings is 2. The lowest BCUT2D eigenvalue weighted by molar-refractivity contribution is -0.122. The highest BCUT2D eigenvalue weighted by Gasteiger charge is 2.29. The minimum Gasteiger partial charge on any atom is -0.497 e. The zero-order chi connectivity index (χ0) is 22.4. The standard InChI is InChI=1S/C22H28N2O6S/c1-16(30-19-9-7-8-18(15-19)28-2)22(25)23-17-10-11-20(29-3)21(14-17)31(26,27)24-12-5-4-6-13-24/h7-11,14-16H,4-6,12-13H2,1-3H3,(H,23,25)/t16-/m1/s1. The first-order valence-electron chi connectivity index (χ1n) is 10.1. The summed E-state index contributed by atoms with van der Waals surface area (Å²) in [4.78, 5) is 12.7. The van der Waals surface area contributed by atoms with E-state index in [0.717, 1.165) is 19.3 Å². The molecule has 8 nitrogen and oxygen atoms in total. The summed E-state index contributed by atoms with van der Waals surface area (Å²) in [5.74, 6) is 0.941. The van der Waals surface area contributed by atoms with Gasteiger partial charge in [-0.3, -0.25) is 4.79 Å². The molecule has 168 valence electrons. The van der Waals surface area contributed by atoms with Crippen LogP contribution in [0, 0.1) is 0 Å². The molecule has 0 bridgehead atoms. The fourth-order valence-electron chi connectivity index (χ4n) is 3.38. The van der Waals surface area contributed by atoms with Crippen LogP contribution >= 0.6 is 0 Å². The Labute approximate surface area is 183 Å². The second kappa shape index (κ2) is 10.0. The Kier molecular flexibility index (Phi) is 7.40. The summed E-state index contributed by atoms with van der Waals surface area (Å²) in [6.45, 7) is 2.57. The zero-order valence-corrected chi connectivity index (χ0v) is 18.8. The van der Waals surface area contributed by atoms with Crippen LogP contribution in [0.3, 0.4) is 0 Å². The molecule has 1 saturated heterocycles. The number of piperidine rings is 1. The van der Waals surface area contributed by atoms with Crippen LogP contribution in [-0.4, -0.2) is 52.0 Å². The highest BCUT2D eigenvalue weighted by Crippen LogP contribution is 2.31. The van der Waals surface area contributed by atoms with E-state index in [1.54, 1.807) is 50.4 Å². The molecule has 31 heavy (non-hydrogen) atoms. The number of carbonyl (C=O) groups is 1. The predicted octanol–water partition coefficient (Wildman–Crippen LogP) is 3.28. The number of hydrogen-bond acceptors (Lipinski definition) is 6. The smallest absolute Gasteiger partial charge is 0.265 e. The predicted molar refractivity (Wildman–Crippen MR) is 117 cm³/mol. The van der Waals surface area contributed by atoms with E-state index in [1.165, 1.54) is 17.5 Å². The lowest BCUT2D eigenvalue weighted by atomic mass is 10.2. The Balaban J connectivity index is 1.76. The summed E-state index contributed by atoms with van der Waals surface area (Å²) in [5, 5.41) is 2.72. The minimum absolute atomic E-state index is 0.0380. The third kappa shape index (κ3) is 5.48. The van der Waals surface area contributed by atoms with Crippen LogP contribution in [0.1, 0.15) is 26.2 Å². The third-order valence-corrected chi connectivity index (χ3v) is 7.01. The quantitative estimate of drug-likeness (QED) is 0.666. The van der Waals surface area contributed by atoms with Crippen molar-refractivity contribution in [2.75, 3.05) is 32.6 Å². The maximum Gasteiger partial charge on any atom is 0.265 e. The highest BCUT2D eigenvalue weighted by molar-refractivity contribution is 7.89. The van der Waals surface area contributed by atoms with Gasteiger partial charge in [-0.05, 0) is 50.1 Å². The van der Waals surface area contributed by atoms with E-state index < -0.39 is 22.0 Å². The van der Waals surface area contributed by atoms with E-state index >= 15 is 0 Å². The molecular formula is C22H28N2O6S. The van der Waals surface area contributed by atoms with Gasteiger partial charge in [-0.2, -0.15) is 4.31 Å². The SMILES string of the molecule is COc1cccc(O[C@H](C)C(=O)Nc2ccc(OC)c(S(=O)(=O)N3CCCCC3)c2)c1. The lowest BCUT2D eigenvalue weighted by Crippen LogP contribution is -2.36. The van der Waals surface area contributed by atoms with Crippen molar-refractivity contribution in [3.8, 4) is 17.2 Å². The molecule has 9 heteroatoms. The minimum atomic E-state index is -3.73. The Morgan fingerprint density at radius 3 is 2.39 bits per heavy atom. The van der Waals surface area contributed by atoms with Gasteiger partial charge >= 0.3 is 0 Å². The van der Waals surface area contributed by atoms with Crippen LogP contribution < -0.4 is 19.5 Å². The number of methoxy groups -OCH3 is 2. The van der Waals surface area contributed by atoms with Crippen molar-refractivity contribution in [2.45, 2.75) is 37.2 Å². The second-order valence-electron chi connectivity index (χ2n) is 7.26. The summed E-state index contributed by atoms with van der Waals surface area (Å²) in [6, 6.07) is 11.5. The summed E-state index contributed by atoms with van der Waals surface area (Å²) in [5.41, 5.74) is 0.350. The highest BCUT2D eigenvalue weighted by atomic mass is 32.2. The Morgan fingerprint density at radius 1 is 1.00 bits per heavy atom.